The monoisotopic (exact) mass is 246 g/mol. The topological polar surface area (TPSA) is 24.9 Å². The Bertz CT molecular complexity index is 323. The lowest BCUT2D eigenvalue weighted by atomic mass is 9.88. The van der Waals surface area contributed by atoms with Gasteiger partial charge in [0, 0.05) is 18.4 Å². The smallest absolute Gasteiger partial charge is 0.0270 e. The van der Waals surface area contributed by atoms with Gasteiger partial charge in [0.15, 0.2) is 0 Å². The van der Waals surface area contributed by atoms with Gasteiger partial charge in [0.05, 0.1) is 0 Å². The molecule has 0 radical (unpaired) electrons. The van der Waals surface area contributed by atoms with Crippen molar-refractivity contribution < 1.29 is 0 Å². The van der Waals surface area contributed by atoms with Gasteiger partial charge in [-0.15, -0.1) is 0 Å². The highest BCUT2D eigenvalue weighted by Crippen LogP contribution is 2.26. The summed E-state index contributed by atoms with van der Waals surface area (Å²) in [5, 5.41) is 3.77. The number of aromatic nitrogens is 1. The first-order chi connectivity index (χ1) is 8.90. The molecule has 1 saturated carbocycles. The Morgan fingerprint density at radius 2 is 1.94 bits per heavy atom. The van der Waals surface area contributed by atoms with Crippen LogP contribution in [-0.4, -0.2) is 17.6 Å². The van der Waals surface area contributed by atoms with Gasteiger partial charge in [-0.2, -0.15) is 0 Å². The van der Waals surface area contributed by atoms with E-state index in [1.54, 1.807) is 0 Å². The van der Waals surface area contributed by atoms with Crippen LogP contribution in [0.25, 0.3) is 0 Å². The molecule has 0 saturated heterocycles. The summed E-state index contributed by atoms with van der Waals surface area (Å²) in [5.41, 5.74) is 1.44. The Balaban J connectivity index is 1.96. The molecule has 1 aromatic rings. The van der Waals surface area contributed by atoms with E-state index in [0.29, 0.717) is 0 Å². The third-order valence-electron chi connectivity index (χ3n) is 4.06. The van der Waals surface area contributed by atoms with Crippen LogP contribution in [0.4, 0.5) is 0 Å². The molecule has 1 aliphatic rings. The third kappa shape index (κ3) is 4.09. The van der Waals surface area contributed by atoms with Crippen molar-refractivity contribution in [3.63, 3.8) is 0 Å². The van der Waals surface area contributed by atoms with Gasteiger partial charge < -0.3 is 5.32 Å². The molecule has 1 N–H and O–H groups in total. The molecule has 0 spiro atoms. The van der Waals surface area contributed by atoms with Gasteiger partial charge in [0.25, 0.3) is 0 Å². The van der Waals surface area contributed by atoms with Crippen LogP contribution in [0.5, 0.6) is 0 Å². The fourth-order valence-electron chi connectivity index (χ4n) is 3.05. The molecule has 18 heavy (non-hydrogen) atoms. The van der Waals surface area contributed by atoms with Gasteiger partial charge in [-0.3, -0.25) is 4.98 Å². The molecule has 1 heterocycles. The molecule has 2 heteroatoms. The normalized spacial score (nSPS) is 24.7. The van der Waals surface area contributed by atoms with Crippen LogP contribution in [0.1, 0.15) is 51.0 Å². The lowest BCUT2D eigenvalue weighted by Crippen LogP contribution is -2.37. The van der Waals surface area contributed by atoms with Crippen molar-refractivity contribution in [1.29, 1.82) is 0 Å². The lowest BCUT2D eigenvalue weighted by Gasteiger charge is -2.26. The fraction of sp³-hybridized carbons (Fsp3) is 0.688. The number of rotatable bonds is 5. The summed E-state index contributed by atoms with van der Waals surface area (Å²) < 4.78 is 0. The molecule has 0 aliphatic heterocycles. The van der Waals surface area contributed by atoms with Crippen LogP contribution in [0.2, 0.25) is 0 Å². The van der Waals surface area contributed by atoms with Crippen molar-refractivity contribution in [3.8, 4) is 0 Å². The number of nitrogens with zero attached hydrogens (tertiary/aromatic N) is 1. The van der Waals surface area contributed by atoms with Crippen LogP contribution in [0, 0.1) is 5.92 Å². The summed E-state index contributed by atoms with van der Waals surface area (Å²) in [4.78, 5) is 4.11. The van der Waals surface area contributed by atoms with Gasteiger partial charge in [-0.25, -0.2) is 0 Å². The summed E-state index contributed by atoms with van der Waals surface area (Å²) in [6.07, 6.45) is 13.2. The zero-order valence-electron chi connectivity index (χ0n) is 11.6. The highest BCUT2D eigenvalue weighted by molar-refractivity contribution is 5.11. The summed E-state index contributed by atoms with van der Waals surface area (Å²) in [7, 11) is 0. The first-order valence-corrected chi connectivity index (χ1v) is 7.52. The molecule has 100 valence electrons. The zero-order valence-corrected chi connectivity index (χ0v) is 11.6. The standard InChI is InChI=1S/C16H26N2/c1-2-10-18-16-7-5-3-4-6-15(16)13-14-8-11-17-12-9-14/h8-9,11-12,15-16,18H,2-7,10,13H2,1H3. The van der Waals surface area contributed by atoms with E-state index in [0.717, 1.165) is 18.5 Å². The molecular weight excluding hydrogens is 220 g/mol. The minimum absolute atomic E-state index is 0.723. The number of nitrogens with one attached hydrogen (secondary N) is 1. The first-order valence-electron chi connectivity index (χ1n) is 7.52. The number of hydrogen-bond donors (Lipinski definition) is 1. The Hall–Kier alpha value is -0.890. The Labute approximate surface area is 111 Å². The number of pyridine rings is 1. The molecule has 2 unspecified atom stereocenters. The second kappa shape index (κ2) is 7.52. The maximum atomic E-state index is 4.11. The zero-order chi connectivity index (χ0) is 12.6. The molecule has 2 atom stereocenters. The molecule has 0 amide bonds. The van der Waals surface area contributed by atoms with Crippen LogP contribution in [0.15, 0.2) is 24.5 Å². The molecule has 2 rings (SSSR count). The van der Waals surface area contributed by atoms with Crippen molar-refractivity contribution in [2.75, 3.05) is 6.54 Å². The lowest BCUT2D eigenvalue weighted by molar-refractivity contribution is 0.332. The highest BCUT2D eigenvalue weighted by atomic mass is 14.9. The predicted octanol–water partition coefficient (Wildman–Crippen LogP) is 3.57. The van der Waals surface area contributed by atoms with E-state index in [-0.39, 0.29) is 0 Å². The third-order valence-corrected chi connectivity index (χ3v) is 4.06. The summed E-state index contributed by atoms with van der Waals surface area (Å²) in [6.45, 7) is 3.42. The van der Waals surface area contributed by atoms with Crippen molar-refractivity contribution in [2.24, 2.45) is 5.92 Å². The van der Waals surface area contributed by atoms with Crippen molar-refractivity contribution in [1.82, 2.24) is 10.3 Å². The van der Waals surface area contributed by atoms with E-state index in [2.05, 4.69) is 29.4 Å². The maximum Gasteiger partial charge on any atom is 0.0270 e. The van der Waals surface area contributed by atoms with Crippen LogP contribution in [0.3, 0.4) is 0 Å². The Kier molecular flexibility index (Phi) is 5.66. The SMILES string of the molecule is CCCNC1CCCCCC1Cc1ccncc1. The number of hydrogen-bond acceptors (Lipinski definition) is 2. The maximum absolute atomic E-state index is 4.11. The first kappa shape index (κ1) is 13.5. The Morgan fingerprint density at radius 3 is 2.72 bits per heavy atom. The minimum atomic E-state index is 0.723. The van der Waals surface area contributed by atoms with Gasteiger partial charge in [-0.05, 0) is 55.8 Å². The second-order valence-electron chi connectivity index (χ2n) is 5.52. The van der Waals surface area contributed by atoms with Crippen LogP contribution < -0.4 is 5.32 Å². The van der Waals surface area contributed by atoms with Gasteiger partial charge in [-0.1, -0.05) is 26.2 Å². The van der Waals surface area contributed by atoms with Crippen LogP contribution >= 0.6 is 0 Å². The molecule has 1 fully saturated rings. The van der Waals surface area contributed by atoms with Gasteiger partial charge in [0.1, 0.15) is 0 Å². The molecule has 0 bridgehead atoms. The van der Waals surface area contributed by atoms with E-state index in [4.69, 9.17) is 0 Å². The average Bonchev–Trinajstić information content (AvgIpc) is 2.63. The summed E-state index contributed by atoms with van der Waals surface area (Å²) in [5.74, 6) is 0.807. The largest absolute Gasteiger partial charge is 0.314 e. The van der Waals surface area contributed by atoms with Crippen LogP contribution in [-0.2, 0) is 6.42 Å². The van der Waals surface area contributed by atoms with Crippen molar-refractivity contribution >= 4 is 0 Å². The molecular formula is C16H26N2. The van der Waals surface area contributed by atoms with Crippen molar-refractivity contribution in [2.45, 2.75) is 57.9 Å². The van der Waals surface area contributed by atoms with E-state index < -0.39 is 0 Å². The van der Waals surface area contributed by atoms with Gasteiger partial charge in [0.2, 0.25) is 0 Å². The van der Waals surface area contributed by atoms with Gasteiger partial charge >= 0.3 is 0 Å². The molecule has 1 aromatic heterocycles. The molecule has 0 aromatic carbocycles. The van der Waals surface area contributed by atoms with E-state index in [9.17, 15) is 0 Å². The van der Waals surface area contributed by atoms with E-state index in [1.165, 1.54) is 50.5 Å². The van der Waals surface area contributed by atoms with E-state index in [1.807, 2.05) is 12.4 Å². The molecule has 2 nitrogen and oxygen atoms in total. The Morgan fingerprint density at radius 1 is 1.17 bits per heavy atom. The molecule has 1 aliphatic carbocycles. The second-order valence-corrected chi connectivity index (χ2v) is 5.52. The highest BCUT2D eigenvalue weighted by Gasteiger charge is 2.23. The summed E-state index contributed by atoms with van der Waals surface area (Å²) in [6, 6.07) is 5.06. The average molecular weight is 246 g/mol. The summed E-state index contributed by atoms with van der Waals surface area (Å²) >= 11 is 0. The fourth-order valence-corrected chi connectivity index (χ4v) is 3.05. The van der Waals surface area contributed by atoms with E-state index >= 15 is 0 Å². The predicted molar refractivity (Wildman–Crippen MR) is 76.6 cm³/mol. The van der Waals surface area contributed by atoms with Crippen molar-refractivity contribution in [3.05, 3.63) is 30.1 Å². The minimum Gasteiger partial charge on any atom is -0.314 e. The quantitative estimate of drug-likeness (QED) is 0.803.